The van der Waals surface area contributed by atoms with E-state index in [9.17, 15) is 0 Å². The van der Waals surface area contributed by atoms with E-state index in [0.717, 1.165) is 14.6 Å². The van der Waals surface area contributed by atoms with Crippen LogP contribution in [0.5, 0.6) is 0 Å². The summed E-state index contributed by atoms with van der Waals surface area (Å²) in [5.41, 5.74) is 0.959. The van der Waals surface area contributed by atoms with Crippen LogP contribution >= 0.6 is 31.9 Å². The normalized spacial score (nSPS) is 10.0. The van der Waals surface area contributed by atoms with Gasteiger partial charge in [0.05, 0.1) is 4.47 Å². The zero-order valence-electron chi connectivity index (χ0n) is 7.61. The van der Waals surface area contributed by atoms with Gasteiger partial charge in [-0.1, -0.05) is 15.9 Å². The predicted octanol–water partition coefficient (Wildman–Crippen LogP) is 3.75. The Morgan fingerprint density at radius 1 is 0.867 bits per heavy atom. The van der Waals surface area contributed by atoms with Crippen molar-refractivity contribution in [2.24, 2.45) is 0 Å². The maximum absolute atomic E-state index is 4.12. The highest BCUT2D eigenvalue weighted by Crippen LogP contribution is 2.17. The van der Waals surface area contributed by atoms with Gasteiger partial charge in [0.25, 0.3) is 0 Å². The molecule has 0 aliphatic heterocycles. The van der Waals surface area contributed by atoms with E-state index >= 15 is 0 Å². The van der Waals surface area contributed by atoms with Gasteiger partial charge in [0.1, 0.15) is 0 Å². The molecule has 1 heterocycles. The first-order valence-corrected chi connectivity index (χ1v) is 5.83. The largest absolute Gasteiger partial charge is 0.324 e. The molecule has 2 aromatic rings. The van der Waals surface area contributed by atoms with Gasteiger partial charge >= 0.3 is 0 Å². The second kappa shape index (κ2) is 4.72. The molecule has 1 N–H and O–H groups in total. The highest BCUT2D eigenvalue weighted by Gasteiger charge is 1.96. The van der Waals surface area contributed by atoms with Crippen molar-refractivity contribution >= 4 is 43.5 Å². The molecule has 1 aromatic carbocycles. The summed E-state index contributed by atoms with van der Waals surface area (Å²) in [6.45, 7) is 0. The van der Waals surface area contributed by atoms with Gasteiger partial charge < -0.3 is 5.32 Å². The maximum atomic E-state index is 4.12. The molecule has 0 saturated carbocycles. The highest BCUT2D eigenvalue weighted by atomic mass is 79.9. The summed E-state index contributed by atoms with van der Waals surface area (Å²) >= 11 is 6.66. The lowest BCUT2D eigenvalue weighted by Gasteiger charge is -2.03. The Morgan fingerprint density at radius 3 is 2.07 bits per heavy atom. The van der Waals surface area contributed by atoms with Gasteiger partial charge in [-0.15, -0.1) is 0 Å². The van der Waals surface area contributed by atoms with Gasteiger partial charge in [-0.2, -0.15) is 0 Å². The quantitative estimate of drug-likeness (QED) is 0.912. The number of nitrogens with one attached hydrogen (secondary N) is 1. The second-order valence-corrected chi connectivity index (χ2v) is 4.69. The number of rotatable bonds is 2. The molecule has 15 heavy (non-hydrogen) atoms. The smallest absolute Gasteiger partial charge is 0.227 e. The molecule has 0 amide bonds. The number of hydrogen-bond donors (Lipinski definition) is 1. The second-order valence-electron chi connectivity index (χ2n) is 2.86. The van der Waals surface area contributed by atoms with Gasteiger partial charge in [-0.25, -0.2) is 9.97 Å². The molecule has 1 aromatic heterocycles. The van der Waals surface area contributed by atoms with Crippen LogP contribution in [0.1, 0.15) is 0 Å². The van der Waals surface area contributed by atoms with Gasteiger partial charge in [-0.05, 0) is 40.2 Å². The summed E-state index contributed by atoms with van der Waals surface area (Å²) in [6.07, 6.45) is 3.41. The van der Waals surface area contributed by atoms with E-state index in [1.54, 1.807) is 12.4 Å². The molecule has 0 fully saturated rings. The van der Waals surface area contributed by atoms with E-state index in [-0.39, 0.29) is 0 Å². The number of halogens is 2. The van der Waals surface area contributed by atoms with Gasteiger partial charge in [0, 0.05) is 22.6 Å². The lowest BCUT2D eigenvalue weighted by Crippen LogP contribution is -1.95. The van der Waals surface area contributed by atoms with Gasteiger partial charge in [0.2, 0.25) is 5.95 Å². The van der Waals surface area contributed by atoms with E-state index in [1.807, 2.05) is 24.3 Å². The fourth-order valence-corrected chi connectivity index (χ4v) is 1.51. The standard InChI is InChI=1S/C10H7Br2N3/c11-7-1-3-9(4-2-7)15-10-13-5-8(12)6-14-10/h1-6H,(H,13,14,15). The zero-order valence-corrected chi connectivity index (χ0v) is 10.8. The average Bonchev–Trinajstić information content (AvgIpc) is 2.25. The van der Waals surface area contributed by atoms with Crippen molar-refractivity contribution in [2.75, 3.05) is 5.32 Å². The maximum Gasteiger partial charge on any atom is 0.227 e. The van der Waals surface area contributed by atoms with E-state index in [4.69, 9.17) is 0 Å². The van der Waals surface area contributed by atoms with Crippen LogP contribution in [0, 0.1) is 0 Å². The summed E-state index contributed by atoms with van der Waals surface area (Å²) in [6, 6.07) is 7.83. The molecule has 0 spiro atoms. The third kappa shape index (κ3) is 3.00. The van der Waals surface area contributed by atoms with Crippen molar-refractivity contribution in [3.63, 3.8) is 0 Å². The Morgan fingerprint density at radius 2 is 1.47 bits per heavy atom. The number of anilines is 2. The van der Waals surface area contributed by atoms with Crippen LogP contribution in [0.15, 0.2) is 45.6 Å². The summed E-state index contributed by atoms with van der Waals surface area (Å²) in [7, 11) is 0. The molecular formula is C10H7Br2N3. The Hall–Kier alpha value is -0.940. The summed E-state index contributed by atoms with van der Waals surface area (Å²) < 4.78 is 1.91. The number of hydrogen-bond acceptors (Lipinski definition) is 3. The van der Waals surface area contributed by atoms with E-state index in [2.05, 4.69) is 47.1 Å². The van der Waals surface area contributed by atoms with Crippen molar-refractivity contribution in [3.8, 4) is 0 Å². The fourth-order valence-electron chi connectivity index (χ4n) is 1.04. The van der Waals surface area contributed by atoms with Crippen molar-refractivity contribution < 1.29 is 0 Å². The van der Waals surface area contributed by atoms with E-state index in [0.29, 0.717) is 5.95 Å². The third-order valence-corrected chi connectivity index (χ3v) is 2.66. The minimum absolute atomic E-state index is 0.584. The molecule has 0 atom stereocenters. The summed E-state index contributed by atoms with van der Waals surface area (Å²) in [4.78, 5) is 8.23. The third-order valence-electron chi connectivity index (χ3n) is 1.72. The Kier molecular flexibility index (Phi) is 3.33. The molecule has 0 aliphatic carbocycles. The van der Waals surface area contributed by atoms with Crippen molar-refractivity contribution in [3.05, 3.63) is 45.6 Å². The first-order chi connectivity index (χ1) is 7.24. The van der Waals surface area contributed by atoms with Crippen LogP contribution in [-0.4, -0.2) is 9.97 Å². The molecular weight excluding hydrogens is 322 g/mol. The molecule has 5 heteroatoms. The lowest BCUT2D eigenvalue weighted by molar-refractivity contribution is 1.15. The summed E-state index contributed by atoms with van der Waals surface area (Å²) in [5, 5.41) is 3.09. The van der Waals surface area contributed by atoms with Crippen molar-refractivity contribution in [1.29, 1.82) is 0 Å². The molecule has 3 nitrogen and oxygen atoms in total. The molecule has 0 radical (unpaired) electrons. The molecule has 0 bridgehead atoms. The molecule has 0 saturated heterocycles. The van der Waals surface area contributed by atoms with Crippen LogP contribution in [0.4, 0.5) is 11.6 Å². The topological polar surface area (TPSA) is 37.8 Å². The van der Waals surface area contributed by atoms with Crippen LogP contribution in [-0.2, 0) is 0 Å². The Balaban J connectivity index is 2.15. The Labute approximate surface area is 104 Å². The first-order valence-electron chi connectivity index (χ1n) is 4.24. The summed E-state index contributed by atoms with van der Waals surface area (Å²) in [5.74, 6) is 0.584. The van der Waals surface area contributed by atoms with Crippen molar-refractivity contribution in [2.45, 2.75) is 0 Å². The lowest BCUT2D eigenvalue weighted by atomic mass is 10.3. The average molecular weight is 329 g/mol. The number of benzene rings is 1. The van der Waals surface area contributed by atoms with Crippen LogP contribution < -0.4 is 5.32 Å². The molecule has 0 unspecified atom stereocenters. The van der Waals surface area contributed by atoms with Crippen LogP contribution in [0.2, 0.25) is 0 Å². The zero-order chi connectivity index (χ0) is 10.7. The number of aromatic nitrogens is 2. The first kappa shape index (κ1) is 10.6. The minimum atomic E-state index is 0.584. The number of nitrogens with zero attached hydrogens (tertiary/aromatic N) is 2. The molecule has 76 valence electrons. The van der Waals surface area contributed by atoms with Gasteiger partial charge in [-0.3, -0.25) is 0 Å². The fraction of sp³-hybridized carbons (Fsp3) is 0. The highest BCUT2D eigenvalue weighted by molar-refractivity contribution is 9.10. The molecule has 2 rings (SSSR count). The monoisotopic (exact) mass is 327 g/mol. The Bertz CT molecular complexity index is 396. The van der Waals surface area contributed by atoms with Crippen LogP contribution in [0.25, 0.3) is 0 Å². The van der Waals surface area contributed by atoms with E-state index in [1.165, 1.54) is 0 Å². The SMILES string of the molecule is Brc1ccc(Nc2ncc(Br)cn2)cc1. The van der Waals surface area contributed by atoms with Crippen LogP contribution in [0.3, 0.4) is 0 Å². The molecule has 0 aliphatic rings. The minimum Gasteiger partial charge on any atom is -0.324 e. The van der Waals surface area contributed by atoms with Gasteiger partial charge in [0.15, 0.2) is 0 Å². The van der Waals surface area contributed by atoms with Crippen molar-refractivity contribution in [1.82, 2.24) is 9.97 Å². The van der Waals surface area contributed by atoms with E-state index < -0.39 is 0 Å². The predicted molar refractivity (Wildman–Crippen MR) is 67.2 cm³/mol.